The standard InChI is InChI=1S/C13H8ClFO/c14-13-5-4-9(8-16)6-12(13)10-2-1-3-11(15)7-10/h1-8H. The van der Waals surface area contributed by atoms with E-state index in [1.54, 1.807) is 30.3 Å². The smallest absolute Gasteiger partial charge is 0.150 e. The largest absolute Gasteiger partial charge is 0.298 e. The van der Waals surface area contributed by atoms with Gasteiger partial charge in [0, 0.05) is 16.1 Å². The molecule has 0 fully saturated rings. The van der Waals surface area contributed by atoms with E-state index in [9.17, 15) is 9.18 Å². The van der Waals surface area contributed by atoms with Gasteiger partial charge in [0.05, 0.1) is 0 Å². The predicted octanol–water partition coefficient (Wildman–Crippen LogP) is 3.96. The van der Waals surface area contributed by atoms with Gasteiger partial charge in [0.2, 0.25) is 0 Å². The predicted molar refractivity (Wildman–Crippen MR) is 62.2 cm³/mol. The maximum absolute atomic E-state index is 13.1. The fourth-order valence-corrected chi connectivity index (χ4v) is 1.72. The molecule has 0 heterocycles. The van der Waals surface area contributed by atoms with E-state index in [4.69, 9.17) is 11.6 Å². The fourth-order valence-electron chi connectivity index (χ4n) is 1.49. The summed E-state index contributed by atoms with van der Waals surface area (Å²) in [7, 11) is 0. The van der Waals surface area contributed by atoms with Crippen molar-refractivity contribution in [1.29, 1.82) is 0 Å². The lowest BCUT2D eigenvalue weighted by Crippen LogP contribution is -1.85. The normalized spacial score (nSPS) is 10.1. The Morgan fingerprint density at radius 2 is 1.94 bits per heavy atom. The molecule has 1 nitrogen and oxygen atoms in total. The van der Waals surface area contributed by atoms with Gasteiger partial charge in [-0.15, -0.1) is 0 Å². The second-order valence-corrected chi connectivity index (χ2v) is 3.77. The maximum Gasteiger partial charge on any atom is 0.150 e. The van der Waals surface area contributed by atoms with Gasteiger partial charge in [-0.3, -0.25) is 4.79 Å². The lowest BCUT2D eigenvalue weighted by atomic mass is 10.0. The summed E-state index contributed by atoms with van der Waals surface area (Å²) < 4.78 is 13.1. The van der Waals surface area contributed by atoms with Crippen LogP contribution in [0.3, 0.4) is 0 Å². The van der Waals surface area contributed by atoms with Crippen LogP contribution in [0.2, 0.25) is 5.02 Å². The minimum atomic E-state index is -0.329. The molecule has 0 saturated heterocycles. The molecule has 0 N–H and O–H groups in total. The van der Waals surface area contributed by atoms with Gasteiger partial charge < -0.3 is 0 Å². The van der Waals surface area contributed by atoms with Gasteiger partial charge in [-0.25, -0.2) is 4.39 Å². The molecular formula is C13H8ClFO. The number of carbonyl (C=O) groups is 1. The van der Waals surface area contributed by atoms with E-state index >= 15 is 0 Å². The molecule has 0 aliphatic rings. The minimum absolute atomic E-state index is 0.329. The average molecular weight is 235 g/mol. The fraction of sp³-hybridized carbons (Fsp3) is 0. The van der Waals surface area contributed by atoms with Crippen molar-refractivity contribution >= 4 is 17.9 Å². The zero-order chi connectivity index (χ0) is 11.5. The number of hydrogen-bond acceptors (Lipinski definition) is 1. The lowest BCUT2D eigenvalue weighted by Gasteiger charge is -2.05. The number of hydrogen-bond donors (Lipinski definition) is 0. The molecule has 2 rings (SSSR count). The molecule has 0 bridgehead atoms. The van der Waals surface area contributed by atoms with Crippen LogP contribution in [0.25, 0.3) is 11.1 Å². The van der Waals surface area contributed by atoms with E-state index in [1.807, 2.05) is 0 Å². The Balaban J connectivity index is 2.58. The van der Waals surface area contributed by atoms with Crippen LogP contribution in [0.4, 0.5) is 4.39 Å². The third kappa shape index (κ3) is 2.12. The third-order valence-electron chi connectivity index (χ3n) is 2.26. The van der Waals surface area contributed by atoms with Crippen LogP contribution in [-0.4, -0.2) is 6.29 Å². The molecule has 3 heteroatoms. The highest BCUT2D eigenvalue weighted by atomic mass is 35.5. The van der Waals surface area contributed by atoms with E-state index in [0.29, 0.717) is 21.7 Å². The summed E-state index contributed by atoms with van der Waals surface area (Å²) in [5.41, 5.74) is 1.84. The Morgan fingerprint density at radius 3 is 2.62 bits per heavy atom. The summed E-state index contributed by atoms with van der Waals surface area (Å²) in [6.45, 7) is 0. The minimum Gasteiger partial charge on any atom is -0.298 e. The number of aldehydes is 1. The molecule has 0 aliphatic carbocycles. The van der Waals surface area contributed by atoms with Gasteiger partial charge >= 0.3 is 0 Å². The molecular weight excluding hydrogens is 227 g/mol. The molecule has 0 amide bonds. The third-order valence-corrected chi connectivity index (χ3v) is 2.59. The van der Waals surface area contributed by atoms with Crippen molar-refractivity contribution in [2.24, 2.45) is 0 Å². The van der Waals surface area contributed by atoms with Crippen molar-refractivity contribution < 1.29 is 9.18 Å². The number of carbonyl (C=O) groups excluding carboxylic acids is 1. The van der Waals surface area contributed by atoms with Crippen LogP contribution < -0.4 is 0 Å². The van der Waals surface area contributed by atoms with Crippen LogP contribution in [-0.2, 0) is 0 Å². The summed E-state index contributed by atoms with van der Waals surface area (Å²) in [5.74, 6) is -0.329. The Morgan fingerprint density at radius 1 is 1.12 bits per heavy atom. The van der Waals surface area contributed by atoms with Crippen LogP contribution in [0.5, 0.6) is 0 Å². The topological polar surface area (TPSA) is 17.1 Å². The molecule has 80 valence electrons. The number of benzene rings is 2. The first kappa shape index (κ1) is 10.8. The first-order valence-corrected chi connectivity index (χ1v) is 5.09. The zero-order valence-corrected chi connectivity index (χ0v) is 9.04. The maximum atomic E-state index is 13.1. The Labute approximate surface area is 97.5 Å². The Kier molecular flexibility index (Phi) is 3.02. The van der Waals surface area contributed by atoms with Crippen LogP contribution >= 0.6 is 11.6 Å². The summed E-state index contributed by atoms with van der Waals surface area (Å²) in [4.78, 5) is 10.7. The summed E-state index contributed by atoms with van der Waals surface area (Å²) >= 11 is 6.00. The number of halogens is 2. The van der Waals surface area contributed by atoms with Gasteiger partial charge in [-0.1, -0.05) is 29.8 Å². The molecule has 2 aromatic rings. The molecule has 0 saturated carbocycles. The molecule has 0 aliphatic heterocycles. The van der Waals surface area contributed by atoms with Crippen LogP contribution in [0.1, 0.15) is 10.4 Å². The van der Waals surface area contributed by atoms with Crippen molar-refractivity contribution in [1.82, 2.24) is 0 Å². The van der Waals surface area contributed by atoms with Gasteiger partial charge in [-0.05, 0) is 29.8 Å². The van der Waals surface area contributed by atoms with Gasteiger partial charge in [-0.2, -0.15) is 0 Å². The molecule has 0 unspecified atom stereocenters. The second kappa shape index (κ2) is 4.45. The van der Waals surface area contributed by atoms with E-state index in [2.05, 4.69) is 0 Å². The highest BCUT2D eigenvalue weighted by Gasteiger charge is 2.05. The van der Waals surface area contributed by atoms with E-state index in [0.717, 1.165) is 6.29 Å². The van der Waals surface area contributed by atoms with Crippen LogP contribution in [0.15, 0.2) is 42.5 Å². The summed E-state index contributed by atoms with van der Waals surface area (Å²) in [5, 5.41) is 0.496. The molecule has 0 radical (unpaired) electrons. The number of rotatable bonds is 2. The molecule has 0 atom stereocenters. The molecule has 2 aromatic carbocycles. The van der Waals surface area contributed by atoms with Crippen molar-refractivity contribution in [3.05, 3.63) is 58.9 Å². The zero-order valence-electron chi connectivity index (χ0n) is 8.28. The van der Waals surface area contributed by atoms with Gasteiger partial charge in [0.1, 0.15) is 12.1 Å². The van der Waals surface area contributed by atoms with Crippen molar-refractivity contribution in [3.63, 3.8) is 0 Å². The van der Waals surface area contributed by atoms with Crippen molar-refractivity contribution in [3.8, 4) is 11.1 Å². The van der Waals surface area contributed by atoms with Crippen LogP contribution in [0, 0.1) is 5.82 Å². The SMILES string of the molecule is O=Cc1ccc(Cl)c(-c2cccc(F)c2)c1. The second-order valence-electron chi connectivity index (χ2n) is 3.37. The molecule has 16 heavy (non-hydrogen) atoms. The van der Waals surface area contributed by atoms with Crippen molar-refractivity contribution in [2.45, 2.75) is 0 Å². The summed E-state index contributed by atoms with van der Waals surface area (Å²) in [6, 6.07) is 11.0. The van der Waals surface area contributed by atoms with E-state index in [-0.39, 0.29) is 5.82 Å². The molecule has 0 spiro atoms. The highest BCUT2D eigenvalue weighted by molar-refractivity contribution is 6.33. The van der Waals surface area contributed by atoms with E-state index < -0.39 is 0 Å². The average Bonchev–Trinajstić information content (AvgIpc) is 2.30. The Bertz CT molecular complexity index is 537. The van der Waals surface area contributed by atoms with Crippen molar-refractivity contribution in [2.75, 3.05) is 0 Å². The lowest BCUT2D eigenvalue weighted by molar-refractivity contribution is 0.112. The van der Waals surface area contributed by atoms with E-state index in [1.165, 1.54) is 12.1 Å². The first-order valence-electron chi connectivity index (χ1n) is 4.71. The monoisotopic (exact) mass is 234 g/mol. The highest BCUT2D eigenvalue weighted by Crippen LogP contribution is 2.28. The van der Waals surface area contributed by atoms with Gasteiger partial charge in [0.25, 0.3) is 0 Å². The van der Waals surface area contributed by atoms with Gasteiger partial charge in [0.15, 0.2) is 0 Å². The quantitative estimate of drug-likeness (QED) is 0.719. The molecule has 0 aromatic heterocycles. The Hall–Kier alpha value is -1.67. The first-order chi connectivity index (χ1) is 7.70. The summed E-state index contributed by atoms with van der Waals surface area (Å²) in [6.07, 6.45) is 0.735.